The van der Waals surface area contributed by atoms with Crippen LogP contribution in [-0.2, 0) is 9.59 Å². The molecule has 4 heterocycles. The molecule has 2 N–H and O–H groups in total. The van der Waals surface area contributed by atoms with E-state index in [1.165, 1.54) is 0 Å². The van der Waals surface area contributed by atoms with Crippen molar-refractivity contribution in [3.63, 3.8) is 0 Å². The minimum absolute atomic E-state index is 0.144. The molecule has 0 radical (unpaired) electrons. The normalized spacial score (nSPS) is 22.4. The molecule has 0 spiro atoms. The molecule has 9 heteroatoms. The minimum Gasteiger partial charge on any atom is -0.352 e. The van der Waals surface area contributed by atoms with E-state index in [9.17, 15) is 14.4 Å². The summed E-state index contributed by atoms with van der Waals surface area (Å²) in [5, 5.41) is 12.7. The van der Waals surface area contributed by atoms with E-state index in [0.29, 0.717) is 30.0 Å². The first-order valence-corrected chi connectivity index (χ1v) is 14.3. The van der Waals surface area contributed by atoms with Crippen LogP contribution in [0.1, 0.15) is 68.3 Å². The van der Waals surface area contributed by atoms with E-state index in [0.717, 1.165) is 73.0 Å². The number of nitrogens with one attached hydrogen (secondary N) is 2. The average molecular weight is 539 g/mol. The number of carbonyl (C=O) groups excluding carboxylic acids is 3. The number of benzene rings is 2. The van der Waals surface area contributed by atoms with Gasteiger partial charge in [0, 0.05) is 52.4 Å². The first kappa shape index (κ1) is 24.9. The van der Waals surface area contributed by atoms with Crippen molar-refractivity contribution < 1.29 is 14.4 Å². The van der Waals surface area contributed by atoms with E-state index < -0.39 is 6.04 Å². The second-order valence-corrected chi connectivity index (χ2v) is 12.0. The van der Waals surface area contributed by atoms with Gasteiger partial charge in [0.1, 0.15) is 6.04 Å². The zero-order valence-corrected chi connectivity index (χ0v) is 22.8. The third-order valence-electron chi connectivity index (χ3n) is 9.34. The number of likely N-dealkylation sites (tertiary alicyclic amines) is 1. The van der Waals surface area contributed by atoms with Crippen molar-refractivity contribution in [3.05, 3.63) is 60.6 Å². The highest BCUT2D eigenvalue weighted by Gasteiger charge is 2.43. The Kier molecular flexibility index (Phi) is 5.73. The monoisotopic (exact) mass is 538 g/mol. The standard InChI is InChI=1S/C31H34N6O3/c1-19-7-9-26(28(38)33-19)37-25-10-8-24(22-5-3-6-23(27(22)25)29(37)39)34-20-17-32-36(18-20)21-11-15-35(16-12-21)30(40)31(2)13-4-14-31/h3,5-6,8,10,17-18,21,26,34H,1,4,7,9,11-16H2,2H3,(H,33,38). The highest BCUT2D eigenvalue weighted by molar-refractivity contribution is 6.28. The van der Waals surface area contributed by atoms with Crippen LogP contribution in [0, 0.1) is 5.41 Å². The van der Waals surface area contributed by atoms with E-state index in [1.54, 1.807) is 4.90 Å². The molecule has 40 heavy (non-hydrogen) atoms. The Hall–Kier alpha value is -4.14. The smallest absolute Gasteiger partial charge is 0.259 e. The highest BCUT2D eigenvalue weighted by atomic mass is 16.2. The Labute approximate surface area is 233 Å². The number of rotatable bonds is 5. The van der Waals surface area contributed by atoms with Gasteiger partial charge in [-0.25, -0.2) is 0 Å². The maximum absolute atomic E-state index is 13.5. The van der Waals surface area contributed by atoms with Crippen LogP contribution in [-0.4, -0.2) is 51.5 Å². The molecule has 4 aliphatic rings. The molecule has 1 aromatic heterocycles. The Balaban J connectivity index is 1.09. The SMILES string of the molecule is C=C1CCC(N2C(=O)c3cccc4c(Nc5cnn(C6CCN(C(=O)C7(C)CCC7)CC6)c5)ccc2c34)C(=O)N1. The summed E-state index contributed by atoms with van der Waals surface area (Å²) in [7, 11) is 0. The molecule has 1 unspecified atom stereocenters. The molecule has 1 saturated carbocycles. The molecule has 1 aliphatic carbocycles. The van der Waals surface area contributed by atoms with Gasteiger partial charge in [-0.15, -0.1) is 0 Å². The largest absolute Gasteiger partial charge is 0.352 e. The van der Waals surface area contributed by atoms with E-state index in [4.69, 9.17) is 0 Å². The third kappa shape index (κ3) is 3.90. The molecule has 0 bridgehead atoms. The molecule has 3 fully saturated rings. The fraction of sp³-hybridized carbons (Fsp3) is 0.419. The quantitative estimate of drug-likeness (QED) is 0.482. The summed E-state index contributed by atoms with van der Waals surface area (Å²) < 4.78 is 2.01. The average Bonchev–Trinajstić information content (AvgIpc) is 3.52. The lowest BCUT2D eigenvalue weighted by Crippen LogP contribution is -2.51. The van der Waals surface area contributed by atoms with Gasteiger partial charge in [-0.05, 0) is 56.7 Å². The zero-order chi connectivity index (χ0) is 27.6. The van der Waals surface area contributed by atoms with E-state index in [2.05, 4.69) is 29.2 Å². The molecule has 3 aliphatic heterocycles. The maximum Gasteiger partial charge on any atom is 0.259 e. The van der Waals surface area contributed by atoms with Crippen LogP contribution < -0.4 is 15.5 Å². The number of hydrogen-bond acceptors (Lipinski definition) is 5. The number of nitrogens with zero attached hydrogens (tertiary/aromatic N) is 4. The summed E-state index contributed by atoms with van der Waals surface area (Å²) in [6.07, 6.45) is 10.0. The molecular formula is C31H34N6O3. The lowest BCUT2D eigenvalue weighted by atomic mass is 9.69. The lowest BCUT2D eigenvalue weighted by Gasteiger charge is -2.43. The molecule has 2 saturated heterocycles. The van der Waals surface area contributed by atoms with Gasteiger partial charge in [-0.3, -0.25) is 24.0 Å². The number of aromatic nitrogens is 2. The van der Waals surface area contributed by atoms with Crippen molar-refractivity contribution in [2.24, 2.45) is 5.41 Å². The number of amides is 3. The van der Waals surface area contributed by atoms with Crippen molar-refractivity contribution in [2.75, 3.05) is 23.3 Å². The molecular weight excluding hydrogens is 504 g/mol. The van der Waals surface area contributed by atoms with Crippen LogP contribution in [0.25, 0.3) is 10.8 Å². The summed E-state index contributed by atoms with van der Waals surface area (Å²) in [4.78, 5) is 42.8. The first-order valence-electron chi connectivity index (χ1n) is 14.3. The summed E-state index contributed by atoms with van der Waals surface area (Å²) in [5.74, 6) is -0.0133. The molecule has 2 aromatic carbocycles. The molecule has 3 amide bonds. The van der Waals surface area contributed by atoms with Gasteiger partial charge in [0.2, 0.25) is 11.8 Å². The van der Waals surface area contributed by atoms with Gasteiger partial charge in [0.15, 0.2) is 0 Å². The number of carbonyl (C=O) groups is 3. The first-order chi connectivity index (χ1) is 19.3. The number of hydrogen-bond donors (Lipinski definition) is 2. The van der Waals surface area contributed by atoms with Crippen LogP contribution in [0.15, 0.2) is 55.0 Å². The fourth-order valence-electron chi connectivity index (χ4n) is 6.83. The number of allylic oxidation sites excluding steroid dienone is 1. The van der Waals surface area contributed by atoms with E-state index >= 15 is 0 Å². The van der Waals surface area contributed by atoms with Crippen LogP contribution in [0.5, 0.6) is 0 Å². The van der Waals surface area contributed by atoms with E-state index in [-0.39, 0.29) is 23.3 Å². The maximum atomic E-state index is 13.5. The Morgan fingerprint density at radius 3 is 2.65 bits per heavy atom. The predicted octanol–water partition coefficient (Wildman–Crippen LogP) is 4.89. The number of piperidine rings is 2. The van der Waals surface area contributed by atoms with Crippen molar-refractivity contribution in [3.8, 4) is 0 Å². The topological polar surface area (TPSA) is 99.6 Å². The highest BCUT2D eigenvalue weighted by Crippen LogP contribution is 2.44. The van der Waals surface area contributed by atoms with Crippen molar-refractivity contribution in [2.45, 2.75) is 64.0 Å². The summed E-state index contributed by atoms with van der Waals surface area (Å²) in [5.41, 5.74) is 3.67. The third-order valence-corrected chi connectivity index (χ3v) is 9.34. The molecule has 1 atom stereocenters. The van der Waals surface area contributed by atoms with Gasteiger partial charge in [-0.1, -0.05) is 32.1 Å². The van der Waals surface area contributed by atoms with Crippen molar-refractivity contribution in [1.82, 2.24) is 20.0 Å². The van der Waals surface area contributed by atoms with Crippen LogP contribution >= 0.6 is 0 Å². The zero-order valence-electron chi connectivity index (χ0n) is 22.8. The Bertz CT molecular complexity index is 1560. The van der Waals surface area contributed by atoms with Gasteiger partial charge >= 0.3 is 0 Å². The van der Waals surface area contributed by atoms with Crippen molar-refractivity contribution >= 4 is 45.6 Å². The van der Waals surface area contributed by atoms with E-state index in [1.807, 2.05) is 52.3 Å². The van der Waals surface area contributed by atoms with Gasteiger partial charge in [-0.2, -0.15) is 5.10 Å². The summed E-state index contributed by atoms with van der Waals surface area (Å²) in [6.45, 7) is 7.51. The minimum atomic E-state index is -0.552. The summed E-state index contributed by atoms with van der Waals surface area (Å²) >= 11 is 0. The lowest BCUT2D eigenvalue weighted by molar-refractivity contribution is -0.147. The van der Waals surface area contributed by atoms with Crippen LogP contribution in [0.3, 0.4) is 0 Å². The van der Waals surface area contributed by atoms with Crippen molar-refractivity contribution in [1.29, 1.82) is 0 Å². The second-order valence-electron chi connectivity index (χ2n) is 12.0. The second kappa shape index (κ2) is 9.21. The van der Waals surface area contributed by atoms with Gasteiger partial charge in [0.25, 0.3) is 5.91 Å². The molecule has 7 rings (SSSR count). The molecule has 3 aromatic rings. The van der Waals surface area contributed by atoms with Gasteiger partial charge in [0.05, 0.1) is 23.6 Å². The van der Waals surface area contributed by atoms with Crippen LogP contribution in [0.2, 0.25) is 0 Å². The van der Waals surface area contributed by atoms with Gasteiger partial charge < -0.3 is 15.5 Å². The number of anilines is 3. The van der Waals surface area contributed by atoms with Crippen LogP contribution in [0.4, 0.5) is 17.1 Å². The molecule has 206 valence electrons. The Morgan fingerprint density at radius 1 is 1.12 bits per heavy atom. The Morgan fingerprint density at radius 2 is 1.93 bits per heavy atom. The fourth-order valence-corrected chi connectivity index (χ4v) is 6.83. The predicted molar refractivity (Wildman–Crippen MR) is 153 cm³/mol. The molecule has 9 nitrogen and oxygen atoms in total. The summed E-state index contributed by atoms with van der Waals surface area (Å²) in [6, 6.07) is 9.32.